The molecule has 1 aromatic rings. The van der Waals surface area contributed by atoms with Crippen molar-refractivity contribution in [1.82, 2.24) is 15.5 Å². The fraction of sp³-hybridized carbons (Fsp3) is 0.611. The quantitative estimate of drug-likeness (QED) is 0.438. The summed E-state index contributed by atoms with van der Waals surface area (Å²) in [4.78, 5) is 6.89. The summed E-state index contributed by atoms with van der Waals surface area (Å²) in [6, 6.07) is 9.65. The van der Waals surface area contributed by atoms with Gasteiger partial charge in [0.1, 0.15) is 0 Å². The number of nitrogens with zero attached hydrogens (tertiary/aromatic N) is 2. The minimum absolute atomic E-state index is 0. The number of hydrogen-bond donors (Lipinski definition) is 2. The number of aliphatic imine (C=N–C) groups is 1. The van der Waals surface area contributed by atoms with Gasteiger partial charge in [-0.15, -0.1) is 24.0 Å². The summed E-state index contributed by atoms with van der Waals surface area (Å²) in [6.07, 6.45) is 0. The first-order chi connectivity index (χ1) is 10.5. The Labute approximate surface area is 158 Å². The molecule has 1 aliphatic rings. The van der Waals surface area contributed by atoms with Gasteiger partial charge in [0.05, 0.1) is 0 Å². The second-order valence-electron chi connectivity index (χ2n) is 6.69. The second kappa shape index (κ2) is 9.47. The Bertz CT molecular complexity index is 515. The van der Waals surface area contributed by atoms with Crippen LogP contribution in [0.5, 0.6) is 0 Å². The third kappa shape index (κ3) is 5.95. The van der Waals surface area contributed by atoms with Crippen LogP contribution in [0.25, 0.3) is 0 Å². The number of hydrogen-bond acceptors (Lipinski definition) is 2. The Balaban J connectivity index is 0.00000264. The maximum absolute atomic E-state index is 4.37. The molecule has 0 spiro atoms. The Morgan fingerprint density at radius 2 is 2.09 bits per heavy atom. The molecule has 0 aromatic heterocycles. The van der Waals surface area contributed by atoms with Gasteiger partial charge in [-0.2, -0.15) is 0 Å². The van der Waals surface area contributed by atoms with E-state index in [9.17, 15) is 0 Å². The lowest BCUT2D eigenvalue weighted by Crippen LogP contribution is -2.46. The van der Waals surface area contributed by atoms with Crippen molar-refractivity contribution in [3.63, 3.8) is 0 Å². The molecule has 2 rings (SSSR count). The predicted octanol–water partition coefficient (Wildman–Crippen LogP) is 3.01. The maximum atomic E-state index is 4.37. The molecule has 1 aliphatic heterocycles. The van der Waals surface area contributed by atoms with Crippen LogP contribution in [0.2, 0.25) is 0 Å². The van der Waals surface area contributed by atoms with Crippen LogP contribution in [0.15, 0.2) is 29.3 Å². The van der Waals surface area contributed by atoms with Gasteiger partial charge in [0, 0.05) is 38.8 Å². The van der Waals surface area contributed by atoms with Crippen molar-refractivity contribution < 1.29 is 0 Å². The first-order valence-corrected chi connectivity index (χ1v) is 8.26. The molecule has 23 heavy (non-hydrogen) atoms. The Hall–Kier alpha value is -0.820. The van der Waals surface area contributed by atoms with Crippen LogP contribution in [0, 0.1) is 12.8 Å². The lowest BCUT2D eigenvalue weighted by atomic mass is 10.1. The van der Waals surface area contributed by atoms with Gasteiger partial charge < -0.3 is 10.6 Å². The van der Waals surface area contributed by atoms with Gasteiger partial charge in [-0.3, -0.25) is 9.89 Å². The molecule has 1 fully saturated rings. The topological polar surface area (TPSA) is 39.7 Å². The SMILES string of the molecule is CN=C(NCc1cccc(C)c1)NC1CN(C(C)C)CC1C.I. The van der Waals surface area contributed by atoms with Gasteiger partial charge in [-0.1, -0.05) is 36.8 Å². The van der Waals surface area contributed by atoms with Crippen molar-refractivity contribution in [2.75, 3.05) is 20.1 Å². The minimum Gasteiger partial charge on any atom is -0.352 e. The zero-order valence-electron chi connectivity index (χ0n) is 15.0. The van der Waals surface area contributed by atoms with Gasteiger partial charge in [-0.25, -0.2) is 0 Å². The lowest BCUT2D eigenvalue weighted by molar-refractivity contribution is 0.265. The third-order valence-electron chi connectivity index (χ3n) is 4.46. The molecule has 1 aromatic carbocycles. The largest absolute Gasteiger partial charge is 0.352 e. The molecule has 2 atom stereocenters. The Morgan fingerprint density at radius 3 is 2.65 bits per heavy atom. The molecular formula is C18H31IN4. The zero-order chi connectivity index (χ0) is 16.1. The number of benzene rings is 1. The highest BCUT2D eigenvalue weighted by Crippen LogP contribution is 2.18. The fourth-order valence-electron chi connectivity index (χ4n) is 2.99. The minimum atomic E-state index is 0. The van der Waals surface area contributed by atoms with E-state index >= 15 is 0 Å². The van der Waals surface area contributed by atoms with Crippen molar-refractivity contribution >= 4 is 29.9 Å². The highest BCUT2D eigenvalue weighted by Gasteiger charge is 2.31. The zero-order valence-corrected chi connectivity index (χ0v) is 17.3. The second-order valence-corrected chi connectivity index (χ2v) is 6.69. The van der Waals surface area contributed by atoms with E-state index in [-0.39, 0.29) is 24.0 Å². The van der Waals surface area contributed by atoms with E-state index < -0.39 is 0 Å². The number of rotatable bonds is 4. The Morgan fingerprint density at radius 1 is 1.35 bits per heavy atom. The van der Waals surface area contributed by atoms with E-state index in [2.05, 4.69) is 72.5 Å². The van der Waals surface area contributed by atoms with Crippen LogP contribution in [0.1, 0.15) is 31.9 Å². The summed E-state index contributed by atoms with van der Waals surface area (Å²) in [5.74, 6) is 1.53. The monoisotopic (exact) mass is 430 g/mol. The van der Waals surface area contributed by atoms with Crippen molar-refractivity contribution in [3.05, 3.63) is 35.4 Å². The fourth-order valence-corrected chi connectivity index (χ4v) is 2.99. The normalized spacial score (nSPS) is 22.1. The number of likely N-dealkylation sites (tertiary alicyclic amines) is 1. The molecule has 5 heteroatoms. The van der Waals surface area contributed by atoms with E-state index in [0.29, 0.717) is 18.0 Å². The van der Waals surface area contributed by atoms with Gasteiger partial charge in [-0.05, 0) is 32.3 Å². The van der Waals surface area contributed by atoms with Crippen LogP contribution >= 0.6 is 24.0 Å². The first kappa shape index (κ1) is 20.2. The number of guanidine groups is 1. The van der Waals surface area contributed by atoms with Gasteiger partial charge in [0.15, 0.2) is 5.96 Å². The van der Waals surface area contributed by atoms with Crippen molar-refractivity contribution in [2.24, 2.45) is 10.9 Å². The molecule has 0 amide bonds. The number of aryl methyl sites for hydroxylation is 1. The molecule has 4 nitrogen and oxygen atoms in total. The highest BCUT2D eigenvalue weighted by atomic mass is 127. The molecule has 2 N–H and O–H groups in total. The van der Waals surface area contributed by atoms with Crippen LogP contribution < -0.4 is 10.6 Å². The highest BCUT2D eigenvalue weighted by molar-refractivity contribution is 14.0. The van der Waals surface area contributed by atoms with Crippen molar-refractivity contribution in [3.8, 4) is 0 Å². The summed E-state index contributed by atoms with van der Waals surface area (Å²) < 4.78 is 0. The molecule has 1 saturated heterocycles. The average Bonchev–Trinajstić information content (AvgIpc) is 2.85. The van der Waals surface area contributed by atoms with Crippen LogP contribution in [0.3, 0.4) is 0 Å². The summed E-state index contributed by atoms with van der Waals surface area (Å²) in [5.41, 5.74) is 2.57. The lowest BCUT2D eigenvalue weighted by Gasteiger charge is -2.22. The van der Waals surface area contributed by atoms with Crippen molar-refractivity contribution in [2.45, 2.75) is 46.3 Å². The van der Waals surface area contributed by atoms with Crippen LogP contribution in [-0.2, 0) is 6.54 Å². The smallest absolute Gasteiger partial charge is 0.191 e. The van der Waals surface area contributed by atoms with E-state index in [0.717, 1.165) is 25.6 Å². The maximum Gasteiger partial charge on any atom is 0.191 e. The van der Waals surface area contributed by atoms with Crippen molar-refractivity contribution in [1.29, 1.82) is 0 Å². The standard InChI is InChI=1S/C18H30N4.HI/c1-13(2)22-11-15(4)17(12-22)21-18(19-5)20-10-16-8-6-7-14(3)9-16;/h6-9,13,15,17H,10-12H2,1-5H3,(H2,19,20,21);1H. The number of halogens is 1. The molecule has 0 saturated carbocycles. The number of nitrogens with one attached hydrogen (secondary N) is 2. The summed E-state index contributed by atoms with van der Waals surface area (Å²) in [6.45, 7) is 12.0. The predicted molar refractivity (Wildman–Crippen MR) is 110 cm³/mol. The van der Waals surface area contributed by atoms with Gasteiger partial charge in [0.25, 0.3) is 0 Å². The van der Waals surface area contributed by atoms with Gasteiger partial charge in [0.2, 0.25) is 0 Å². The molecule has 130 valence electrons. The molecule has 0 aliphatic carbocycles. The molecule has 0 radical (unpaired) electrons. The summed E-state index contributed by atoms with van der Waals surface area (Å²) in [7, 11) is 1.84. The third-order valence-corrected chi connectivity index (χ3v) is 4.46. The first-order valence-electron chi connectivity index (χ1n) is 8.26. The van der Waals surface area contributed by atoms with E-state index in [4.69, 9.17) is 0 Å². The van der Waals surface area contributed by atoms with Gasteiger partial charge >= 0.3 is 0 Å². The van der Waals surface area contributed by atoms with E-state index in [1.54, 1.807) is 0 Å². The summed E-state index contributed by atoms with van der Waals surface area (Å²) in [5, 5.41) is 7.01. The summed E-state index contributed by atoms with van der Waals surface area (Å²) >= 11 is 0. The van der Waals surface area contributed by atoms with E-state index in [1.807, 2.05) is 7.05 Å². The molecular weight excluding hydrogens is 399 g/mol. The molecule has 0 bridgehead atoms. The van der Waals surface area contributed by atoms with E-state index in [1.165, 1.54) is 11.1 Å². The molecule has 1 heterocycles. The Kier molecular flexibility index (Phi) is 8.33. The van der Waals surface area contributed by atoms with Crippen LogP contribution in [-0.4, -0.2) is 43.1 Å². The average molecular weight is 430 g/mol. The van der Waals surface area contributed by atoms with Crippen LogP contribution in [0.4, 0.5) is 0 Å². The molecule has 2 unspecified atom stereocenters.